The van der Waals surface area contributed by atoms with Gasteiger partial charge in [0.25, 0.3) is 0 Å². The lowest BCUT2D eigenvalue weighted by molar-refractivity contribution is 0.175. The molecule has 0 amide bonds. The second-order valence-electron chi connectivity index (χ2n) is 4.32. The van der Waals surface area contributed by atoms with Crippen molar-refractivity contribution in [3.8, 4) is 0 Å². The Kier molecular flexibility index (Phi) is 4.05. The average Bonchev–Trinajstić information content (AvgIpc) is 2.28. The van der Waals surface area contributed by atoms with Gasteiger partial charge in [0.05, 0.1) is 6.10 Å². The Balaban J connectivity index is 1.98. The summed E-state index contributed by atoms with van der Waals surface area (Å²) in [5.41, 5.74) is 1.47. The van der Waals surface area contributed by atoms with Crippen LogP contribution in [-0.2, 0) is 12.8 Å². The number of hydrogen-bond donors (Lipinski definition) is 1. The molecule has 0 radical (unpaired) electrons. The van der Waals surface area contributed by atoms with Crippen LogP contribution in [0.5, 0.6) is 0 Å². The van der Waals surface area contributed by atoms with E-state index in [0.717, 1.165) is 11.1 Å². The Morgan fingerprint density at radius 1 is 0.833 bits per heavy atom. The van der Waals surface area contributed by atoms with Gasteiger partial charge in [0.2, 0.25) is 0 Å². The van der Waals surface area contributed by atoms with Gasteiger partial charge in [-0.15, -0.1) is 0 Å². The topological polar surface area (TPSA) is 20.2 Å². The second kappa shape index (κ2) is 5.74. The minimum atomic E-state index is -0.645. The molecule has 0 aliphatic carbocycles. The van der Waals surface area contributed by atoms with Gasteiger partial charge in [0.15, 0.2) is 0 Å². The molecule has 94 valence electrons. The summed E-state index contributed by atoms with van der Waals surface area (Å²) in [4.78, 5) is 0. The van der Waals surface area contributed by atoms with Crippen LogP contribution in [0.2, 0.25) is 0 Å². The normalized spacial score (nSPS) is 10.9. The van der Waals surface area contributed by atoms with Gasteiger partial charge < -0.3 is 5.11 Å². The molecule has 1 N–H and O–H groups in total. The van der Waals surface area contributed by atoms with E-state index in [-0.39, 0.29) is 11.6 Å². The highest BCUT2D eigenvalue weighted by atomic mass is 19.1. The van der Waals surface area contributed by atoms with Gasteiger partial charge >= 0.3 is 0 Å². The van der Waals surface area contributed by atoms with Crippen molar-refractivity contribution in [1.82, 2.24) is 0 Å². The van der Waals surface area contributed by atoms with Crippen molar-refractivity contribution < 1.29 is 13.9 Å². The number of hydrogen-bond acceptors (Lipinski definition) is 1. The number of rotatable bonds is 4. The molecule has 0 saturated heterocycles. The Morgan fingerprint density at radius 3 is 1.67 bits per heavy atom. The molecule has 0 bridgehead atoms. The van der Waals surface area contributed by atoms with Crippen LogP contribution >= 0.6 is 0 Å². The highest BCUT2D eigenvalue weighted by molar-refractivity contribution is 5.20. The van der Waals surface area contributed by atoms with Crippen molar-refractivity contribution in [2.45, 2.75) is 18.9 Å². The third-order valence-corrected chi connectivity index (χ3v) is 2.72. The molecule has 3 heteroatoms. The van der Waals surface area contributed by atoms with Crippen molar-refractivity contribution in [3.05, 3.63) is 71.3 Å². The molecule has 1 nitrogen and oxygen atoms in total. The molecule has 0 saturated carbocycles. The van der Waals surface area contributed by atoms with E-state index in [1.165, 1.54) is 24.3 Å². The Labute approximate surface area is 105 Å². The Morgan fingerprint density at radius 2 is 1.28 bits per heavy atom. The largest absolute Gasteiger partial charge is 0.392 e. The molecule has 0 spiro atoms. The van der Waals surface area contributed by atoms with Gasteiger partial charge in [-0.25, -0.2) is 8.78 Å². The maximum atomic E-state index is 13.0. The first-order chi connectivity index (χ1) is 8.63. The zero-order chi connectivity index (χ0) is 13.0. The predicted molar refractivity (Wildman–Crippen MR) is 66.2 cm³/mol. The summed E-state index contributed by atoms with van der Waals surface area (Å²) in [7, 11) is 0. The van der Waals surface area contributed by atoms with Gasteiger partial charge in [-0.05, 0) is 48.2 Å². The molecule has 0 heterocycles. The number of aliphatic hydroxyl groups excluding tert-OH is 1. The molecule has 0 aliphatic heterocycles. The third kappa shape index (κ3) is 3.64. The molecule has 2 rings (SSSR count). The van der Waals surface area contributed by atoms with Gasteiger partial charge in [-0.1, -0.05) is 24.3 Å². The minimum Gasteiger partial charge on any atom is -0.392 e. The lowest BCUT2D eigenvalue weighted by Gasteiger charge is -2.11. The Bertz CT molecular complexity index is 478. The zero-order valence-electron chi connectivity index (χ0n) is 9.81. The maximum Gasteiger partial charge on any atom is 0.123 e. The van der Waals surface area contributed by atoms with Crippen LogP contribution in [0.4, 0.5) is 8.78 Å². The van der Waals surface area contributed by atoms with E-state index < -0.39 is 6.10 Å². The maximum absolute atomic E-state index is 13.0. The summed E-state index contributed by atoms with van der Waals surface area (Å²) in [6, 6.07) is 12.3. The van der Waals surface area contributed by atoms with Gasteiger partial charge in [0.1, 0.15) is 11.6 Å². The van der Waals surface area contributed by atoms with Crippen molar-refractivity contribution in [3.63, 3.8) is 0 Å². The zero-order valence-corrected chi connectivity index (χ0v) is 9.81. The molecular formula is C15H14F2O. The number of benzene rings is 2. The van der Waals surface area contributed by atoms with Gasteiger partial charge in [0, 0.05) is 0 Å². The standard InChI is InChI=1S/C15H14F2O/c16-13-5-1-3-11(7-13)9-15(18)10-12-4-2-6-14(17)8-12/h1-8,15,18H,9-10H2. The highest BCUT2D eigenvalue weighted by Gasteiger charge is 2.08. The monoisotopic (exact) mass is 248 g/mol. The molecule has 2 aromatic rings. The molecule has 0 unspecified atom stereocenters. The van der Waals surface area contributed by atoms with E-state index in [1.54, 1.807) is 24.3 Å². The van der Waals surface area contributed by atoms with E-state index in [1.807, 2.05) is 0 Å². The van der Waals surface area contributed by atoms with Crippen LogP contribution in [-0.4, -0.2) is 11.2 Å². The first-order valence-corrected chi connectivity index (χ1v) is 5.80. The minimum absolute atomic E-state index is 0.314. The summed E-state index contributed by atoms with van der Waals surface area (Å²) >= 11 is 0. The molecule has 0 aromatic heterocycles. The molecule has 0 aliphatic rings. The predicted octanol–water partition coefficient (Wildman–Crippen LogP) is 3.11. The van der Waals surface area contributed by atoms with Crippen LogP contribution in [0.25, 0.3) is 0 Å². The van der Waals surface area contributed by atoms with Crippen LogP contribution in [0.1, 0.15) is 11.1 Å². The van der Waals surface area contributed by atoms with Crippen LogP contribution in [0.15, 0.2) is 48.5 Å². The molecule has 0 atom stereocenters. The van der Waals surface area contributed by atoms with E-state index in [2.05, 4.69) is 0 Å². The van der Waals surface area contributed by atoms with E-state index >= 15 is 0 Å². The fourth-order valence-electron chi connectivity index (χ4n) is 1.94. The van der Waals surface area contributed by atoms with Gasteiger partial charge in [-0.3, -0.25) is 0 Å². The summed E-state index contributed by atoms with van der Waals surface area (Å²) in [6.45, 7) is 0. The van der Waals surface area contributed by atoms with Crippen molar-refractivity contribution in [2.24, 2.45) is 0 Å². The second-order valence-corrected chi connectivity index (χ2v) is 4.32. The average molecular weight is 248 g/mol. The van der Waals surface area contributed by atoms with E-state index in [4.69, 9.17) is 0 Å². The molecule has 18 heavy (non-hydrogen) atoms. The Hall–Kier alpha value is -1.74. The van der Waals surface area contributed by atoms with Crippen molar-refractivity contribution >= 4 is 0 Å². The SMILES string of the molecule is OC(Cc1cccc(F)c1)Cc1cccc(F)c1. The van der Waals surface area contributed by atoms with Crippen LogP contribution < -0.4 is 0 Å². The quantitative estimate of drug-likeness (QED) is 0.881. The smallest absolute Gasteiger partial charge is 0.123 e. The number of aliphatic hydroxyl groups is 1. The third-order valence-electron chi connectivity index (χ3n) is 2.72. The van der Waals surface area contributed by atoms with E-state index in [9.17, 15) is 13.9 Å². The number of halogens is 2. The summed E-state index contributed by atoms with van der Waals surface area (Å²) < 4.78 is 25.9. The van der Waals surface area contributed by atoms with Crippen molar-refractivity contribution in [1.29, 1.82) is 0 Å². The molecule has 0 fully saturated rings. The summed E-state index contributed by atoms with van der Waals surface area (Å²) in [6.07, 6.45) is 0.0660. The molecule has 2 aromatic carbocycles. The molecular weight excluding hydrogens is 234 g/mol. The fraction of sp³-hybridized carbons (Fsp3) is 0.200. The van der Waals surface area contributed by atoms with Crippen molar-refractivity contribution in [2.75, 3.05) is 0 Å². The lowest BCUT2D eigenvalue weighted by atomic mass is 10.0. The summed E-state index contributed by atoms with van der Waals surface area (Å²) in [5, 5.41) is 9.89. The van der Waals surface area contributed by atoms with Crippen LogP contribution in [0.3, 0.4) is 0 Å². The summed E-state index contributed by atoms with van der Waals surface area (Å²) in [5.74, 6) is -0.629. The highest BCUT2D eigenvalue weighted by Crippen LogP contribution is 2.11. The first kappa shape index (κ1) is 12.7. The first-order valence-electron chi connectivity index (χ1n) is 5.80. The van der Waals surface area contributed by atoms with Crippen LogP contribution in [0, 0.1) is 11.6 Å². The fourth-order valence-corrected chi connectivity index (χ4v) is 1.94. The van der Waals surface area contributed by atoms with E-state index in [0.29, 0.717) is 12.8 Å². The lowest BCUT2D eigenvalue weighted by Crippen LogP contribution is -2.14. The van der Waals surface area contributed by atoms with Gasteiger partial charge in [-0.2, -0.15) is 0 Å².